The molecule has 0 rings (SSSR count). The van der Waals surface area contributed by atoms with Crippen molar-refractivity contribution < 1.29 is 28.6 Å². The SMILES string of the molecule is CCCCC/C=C\C/C=C\C/C=C\CCCCCCCCC(=O)OC(COC(=O)CCCCCCCCC)COC(=O)CCCCCCCCCCCCCCCCCCCCCCCCCCCCCCCCC. The van der Waals surface area contributed by atoms with E-state index < -0.39 is 6.10 Å². The normalized spacial score (nSPS) is 12.2. The number of unbranched alkanes of at least 4 members (excludes halogenated alkanes) is 45. The summed E-state index contributed by atoms with van der Waals surface area (Å²) >= 11 is 0. The third-order valence-corrected chi connectivity index (χ3v) is 15.1. The molecule has 1 atom stereocenters. The van der Waals surface area contributed by atoms with Gasteiger partial charge in [0.05, 0.1) is 0 Å². The van der Waals surface area contributed by atoms with E-state index in [-0.39, 0.29) is 31.1 Å². The number of hydrogen-bond donors (Lipinski definition) is 0. The van der Waals surface area contributed by atoms with Gasteiger partial charge in [-0.3, -0.25) is 14.4 Å². The van der Waals surface area contributed by atoms with Crippen molar-refractivity contribution in [3.63, 3.8) is 0 Å². The summed E-state index contributed by atoms with van der Waals surface area (Å²) in [7, 11) is 0. The second kappa shape index (κ2) is 64.2. The zero-order valence-corrected chi connectivity index (χ0v) is 50.6. The van der Waals surface area contributed by atoms with Crippen LogP contribution in [0.25, 0.3) is 0 Å². The molecule has 0 aliphatic heterocycles. The summed E-state index contributed by atoms with van der Waals surface area (Å²) in [6.07, 6.45) is 79.2. The van der Waals surface area contributed by atoms with Gasteiger partial charge in [0.15, 0.2) is 6.10 Å². The molecule has 440 valence electrons. The summed E-state index contributed by atoms with van der Waals surface area (Å²) in [5.74, 6) is -0.872. The molecular formula is C69H128O6. The van der Waals surface area contributed by atoms with E-state index in [0.717, 1.165) is 77.0 Å². The Morgan fingerprint density at radius 3 is 0.773 bits per heavy atom. The van der Waals surface area contributed by atoms with E-state index in [1.807, 2.05) is 0 Å². The molecule has 0 aromatic heterocycles. The summed E-state index contributed by atoms with van der Waals surface area (Å²) in [5.41, 5.74) is 0. The van der Waals surface area contributed by atoms with Crippen LogP contribution >= 0.6 is 0 Å². The van der Waals surface area contributed by atoms with Gasteiger partial charge in [0.1, 0.15) is 13.2 Å². The standard InChI is InChI=1S/C69H128O6/c1-4-7-10-13-16-18-20-22-24-26-28-29-30-31-32-33-34-35-36-37-38-39-41-42-44-46-48-50-53-56-59-62-68(71)74-65-66(64-73-67(70)61-58-55-52-15-12-9-6-3)75-69(72)63-60-57-54-51-49-47-45-43-40-27-25-23-21-19-17-14-11-8-5-2/h17,19,23,25,40,43,66H,4-16,18,20-22,24,26-39,41-42,44-65H2,1-3H3/b19-17-,25-23-,43-40-. The fourth-order valence-corrected chi connectivity index (χ4v) is 10.1. The van der Waals surface area contributed by atoms with E-state index in [1.54, 1.807) is 0 Å². The predicted octanol–water partition coefficient (Wildman–Crippen LogP) is 22.8. The van der Waals surface area contributed by atoms with Crippen LogP contribution in [0.5, 0.6) is 0 Å². The summed E-state index contributed by atoms with van der Waals surface area (Å²) in [6, 6.07) is 0. The number of rotatable bonds is 62. The van der Waals surface area contributed by atoms with Crippen molar-refractivity contribution in [2.45, 2.75) is 374 Å². The van der Waals surface area contributed by atoms with Crippen molar-refractivity contribution in [1.29, 1.82) is 0 Å². The van der Waals surface area contributed by atoms with Crippen LogP contribution < -0.4 is 0 Å². The Morgan fingerprint density at radius 2 is 0.480 bits per heavy atom. The topological polar surface area (TPSA) is 78.9 Å². The van der Waals surface area contributed by atoms with Crippen LogP contribution in [-0.4, -0.2) is 37.2 Å². The number of ether oxygens (including phenoxy) is 3. The maximum atomic E-state index is 12.8. The monoisotopic (exact) mass is 1050 g/mol. The molecule has 0 aromatic rings. The molecule has 0 fully saturated rings. The van der Waals surface area contributed by atoms with E-state index >= 15 is 0 Å². The van der Waals surface area contributed by atoms with E-state index in [9.17, 15) is 14.4 Å². The van der Waals surface area contributed by atoms with Gasteiger partial charge in [-0.05, 0) is 57.8 Å². The summed E-state index contributed by atoms with van der Waals surface area (Å²) in [6.45, 7) is 6.62. The smallest absolute Gasteiger partial charge is 0.306 e. The molecule has 75 heavy (non-hydrogen) atoms. The molecule has 0 radical (unpaired) electrons. The number of carbonyl (C=O) groups excluding carboxylic acids is 3. The molecule has 0 saturated carbocycles. The zero-order chi connectivity index (χ0) is 54.3. The van der Waals surface area contributed by atoms with Gasteiger partial charge in [-0.25, -0.2) is 0 Å². The molecule has 0 bridgehead atoms. The van der Waals surface area contributed by atoms with Gasteiger partial charge in [-0.1, -0.05) is 327 Å². The first-order chi connectivity index (χ1) is 37.0. The van der Waals surface area contributed by atoms with Gasteiger partial charge in [-0.2, -0.15) is 0 Å². The lowest BCUT2D eigenvalue weighted by Gasteiger charge is -2.18. The van der Waals surface area contributed by atoms with E-state index in [2.05, 4.69) is 57.2 Å². The zero-order valence-electron chi connectivity index (χ0n) is 50.6. The molecule has 6 heteroatoms. The maximum Gasteiger partial charge on any atom is 0.306 e. The molecule has 0 aliphatic rings. The Hall–Kier alpha value is -2.37. The van der Waals surface area contributed by atoms with Crippen molar-refractivity contribution in [3.8, 4) is 0 Å². The molecule has 6 nitrogen and oxygen atoms in total. The van der Waals surface area contributed by atoms with Gasteiger partial charge in [0.2, 0.25) is 0 Å². The lowest BCUT2D eigenvalue weighted by molar-refractivity contribution is -0.167. The molecular weight excluding hydrogens is 925 g/mol. The molecule has 0 N–H and O–H groups in total. The molecule has 1 unspecified atom stereocenters. The van der Waals surface area contributed by atoms with E-state index in [1.165, 1.54) is 250 Å². The Morgan fingerprint density at radius 1 is 0.267 bits per heavy atom. The van der Waals surface area contributed by atoms with Gasteiger partial charge >= 0.3 is 17.9 Å². The number of allylic oxidation sites excluding steroid dienone is 6. The fraction of sp³-hybridized carbons (Fsp3) is 0.870. The maximum absolute atomic E-state index is 12.8. The highest BCUT2D eigenvalue weighted by Crippen LogP contribution is 2.18. The van der Waals surface area contributed by atoms with E-state index in [4.69, 9.17) is 14.2 Å². The molecule has 0 spiro atoms. The first-order valence-electron chi connectivity index (χ1n) is 33.5. The third kappa shape index (κ3) is 62.4. The number of carbonyl (C=O) groups is 3. The highest BCUT2D eigenvalue weighted by Gasteiger charge is 2.19. The van der Waals surface area contributed by atoms with Crippen molar-refractivity contribution >= 4 is 17.9 Å². The Kier molecular flexibility index (Phi) is 62.1. The van der Waals surface area contributed by atoms with Crippen molar-refractivity contribution in [1.82, 2.24) is 0 Å². The minimum atomic E-state index is -0.775. The molecule has 0 aromatic carbocycles. The minimum Gasteiger partial charge on any atom is -0.462 e. The molecule has 0 heterocycles. The second-order valence-corrected chi connectivity index (χ2v) is 22.7. The third-order valence-electron chi connectivity index (χ3n) is 15.1. The lowest BCUT2D eigenvalue weighted by Crippen LogP contribution is -2.30. The van der Waals surface area contributed by atoms with Crippen molar-refractivity contribution in [3.05, 3.63) is 36.5 Å². The Labute approximate surface area is 467 Å². The Balaban J connectivity index is 4.00. The molecule has 0 saturated heterocycles. The quantitative estimate of drug-likeness (QED) is 0.0261. The highest BCUT2D eigenvalue weighted by atomic mass is 16.6. The summed E-state index contributed by atoms with van der Waals surface area (Å²) in [5, 5.41) is 0. The second-order valence-electron chi connectivity index (χ2n) is 22.7. The summed E-state index contributed by atoms with van der Waals surface area (Å²) < 4.78 is 16.8. The first kappa shape index (κ1) is 72.6. The first-order valence-corrected chi connectivity index (χ1v) is 33.5. The van der Waals surface area contributed by atoms with Crippen LogP contribution in [0.3, 0.4) is 0 Å². The van der Waals surface area contributed by atoms with Crippen LogP contribution in [0.4, 0.5) is 0 Å². The van der Waals surface area contributed by atoms with Crippen LogP contribution in [0.1, 0.15) is 367 Å². The fourth-order valence-electron chi connectivity index (χ4n) is 10.1. The molecule has 0 aliphatic carbocycles. The average Bonchev–Trinajstić information content (AvgIpc) is 3.41. The number of esters is 3. The molecule has 0 amide bonds. The van der Waals surface area contributed by atoms with Crippen LogP contribution in [0.15, 0.2) is 36.5 Å². The lowest BCUT2D eigenvalue weighted by atomic mass is 10.0. The largest absolute Gasteiger partial charge is 0.462 e. The highest BCUT2D eigenvalue weighted by molar-refractivity contribution is 5.71. The predicted molar refractivity (Wildman–Crippen MR) is 326 cm³/mol. The minimum absolute atomic E-state index is 0.0732. The summed E-state index contributed by atoms with van der Waals surface area (Å²) in [4.78, 5) is 38.1. The number of hydrogen-bond acceptors (Lipinski definition) is 6. The van der Waals surface area contributed by atoms with Gasteiger partial charge < -0.3 is 14.2 Å². The van der Waals surface area contributed by atoms with Gasteiger partial charge in [-0.15, -0.1) is 0 Å². The Bertz CT molecular complexity index is 1250. The van der Waals surface area contributed by atoms with Gasteiger partial charge in [0, 0.05) is 19.3 Å². The average molecular weight is 1050 g/mol. The van der Waals surface area contributed by atoms with E-state index in [0.29, 0.717) is 19.3 Å². The van der Waals surface area contributed by atoms with Crippen LogP contribution in [0.2, 0.25) is 0 Å². The van der Waals surface area contributed by atoms with Crippen LogP contribution in [0, 0.1) is 0 Å². The van der Waals surface area contributed by atoms with Crippen molar-refractivity contribution in [2.24, 2.45) is 0 Å². The van der Waals surface area contributed by atoms with Crippen molar-refractivity contribution in [2.75, 3.05) is 13.2 Å². The van der Waals surface area contributed by atoms with Gasteiger partial charge in [0.25, 0.3) is 0 Å². The van der Waals surface area contributed by atoms with Crippen LogP contribution in [-0.2, 0) is 28.6 Å².